The minimum atomic E-state index is -0.362. The minimum Gasteiger partial charge on any atom is -0.346 e. The maximum atomic E-state index is 12.4. The van der Waals surface area contributed by atoms with E-state index in [1.807, 2.05) is 50.2 Å². The van der Waals surface area contributed by atoms with Crippen molar-refractivity contribution in [1.29, 1.82) is 0 Å². The Hall–Kier alpha value is -2.53. The van der Waals surface area contributed by atoms with Crippen LogP contribution in [0.25, 0.3) is 5.69 Å². The Bertz CT molecular complexity index is 865. The standard InChI is InChI=1S/C16H15ClN4O/c1-10-3-6-12(7-4-10)21-16(22)15(17)13(9-18-21)20-14-8-5-11(2)19-14/h3-9,19-20H,1-2H3. The Kier molecular flexibility index (Phi) is 3.73. The van der Waals surface area contributed by atoms with Crippen LogP contribution in [0.5, 0.6) is 0 Å². The first kappa shape index (κ1) is 14.4. The molecule has 0 spiro atoms. The number of aryl methyl sites for hydroxylation is 2. The van der Waals surface area contributed by atoms with Crippen molar-refractivity contribution in [3.8, 4) is 5.69 Å². The number of nitrogens with one attached hydrogen (secondary N) is 2. The number of hydrogen-bond acceptors (Lipinski definition) is 3. The van der Waals surface area contributed by atoms with Gasteiger partial charge in [-0.1, -0.05) is 29.3 Å². The Labute approximate surface area is 132 Å². The summed E-state index contributed by atoms with van der Waals surface area (Å²) >= 11 is 6.19. The van der Waals surface area contributed by atoms with Gasteiger partial charge in [0.15, 0.2) is 0 Å². The predicted octanol–water partition coefficient (Wildman–Crippen LogP) is 3.57. The third-order valence-corrected chi connectivity index (χ3v) is 3.66. The maximum Gasteiger partial charge on any atom is 0.292 e. The summed E-state index contributed by atoms with van der Waals surface area (Å²) in [5, 5.41) is 7.34. The molecule has 0 radical (unpaired) electrons. The van der Waals surface area contributed by atoms with Gasteiger partial charge in [-0.3, -0.25) is 4.79 Å². The third kappa shape index (κ3) is 2.76. The van der Waals surface area contributed by atoms with Crippen molar-refractivity contribution in [3.05, 3.63) is 69.2 Å². The van der Waals surface area contributed by atoms with Gasteiger partial charge in [-0.2, -0.15) is 9.78 Å². The van der Waals surface area contributed by atoms with Crippen molar-refractivity contribution in [1.82, 2.24) is 14.8 Å². The molecular formula is C16H15ClN4O. The summed E-state index contributed by atoms with van der Waals surface area (Å²) in [5.41, 5.74) is 2.92. The first-order valence-electron chi connectivity index (χ1n) is 6.82. The second-order valence-corrected chi connectivity index (χ2v) is 5.48. The lowest BCUT2D eigenvalue weighted by molar-refractivity contribution is 0.808. The summed E-state index contributed by atoms with van der Waals surface area (Å²) in [6, 6.07) is 11.3. The molecule has 3 rings (SSSR count). The number of aromatic nitrogens is 3. The lowest BCUT2D eigenvalue weighted by atomic mass is 10.2. The highest BCUT2D eigenvalue weighted by atomic mass is 35.5. The van der Waals surface area contributed by atoms with Crippen LogP contribution in [0, 0.1) is 13.8 Å². The SMILES string of the molecule is Cc1ccc(-n2ncc(Nc3ccc(C)[nH]3)c(Cl)c2=O)cc1. The van der Waals surface area contributed by atoms with Crippen molar-refractivity contribution in [2.45, 2.75) is 13.8 Å². The van der Waals surface area contributed by atoms with E-state index in [0.717, 1.165) is 17.1 Å². The van der Waals surface area contributed by atoms with Crippen LogP contribution in [-0.4, -0.2) is 14.8 Å². The quantitative estimate of drug-likeness (QED) is 0.776. The fourth-order valence-corrected chi connectivity index (χ4v) is 2.29. The monoisotopic (exact) mass is 314 g/mol. The number of halogens is 1. The van der Waals surface area contributed by atoms with E-state index in [2.05, 4.69) is 15.4 Å². The molecule has 2 N–H and O–H groups in total. The lowest BCUT2D eigenvalue weighted by Gasteiger charge is -2.09. The molecule has 1 aromatic carbocycles. The predicted molar refractivity (Wildman–Crippen MR) is 88.4 cm³/mol. The van der Waals surface area contributed by atoms with Crippen molar-refractivity contribution < 1.29 is 0 Å². The van der Waals surface area contributed by atoms with Gasteiger partial charge in [0, 0.05) is 5.69 Å². The van der Waals surface area contributed by atoms with Gasteiger partial charge in [0.2, 0.25) is 0 Å². The summed E-state index contributed by atoms with van der Waals surface area (Å²) in [6.07, 6.45) is 1.54. The third-order valence-electron chi connectivity index (χ3n) is 3.30. The first-order chi connectivity index (χ1) is 10.5. The van der Waals surface area contributed by atoms with E-state index < -0.39 is 0 Å². The van der Waals surface area contributed by atoms with E-state index in [-0.39, 0.29) is 10.6 Å². The van der Waals surface area contributed by atoms with Crippen molar-refractivity contribution >= 4 is 23.1 Å². The summed E-state index contributed by atoms with van der Waals surface area (Å²) in [7, 11) is 0. The number of benzene rings is 1. The van der Waals surface area contributed by atoms with Crippen molar-refractivity contribution in [2.75, 3.05) is 5.32 Å². The lowest BCUT2D eigenvalue weighted by Crippen LogP contribution is -2.22. The highest BCUT2D eigenvalue weighted by Gasteiger charge is 2.11. The molecule has 3 aromatic rings. The molecule has 0 saturated heterocycles. The zero-order valence-corrected chi connectivity index (χ0v) is 13.0. The Balaban J connectivity index is 1.98. The highest BCUT2D eigenvalue weighted by molar-refractivity contribution is 6.33. The van der Waals surface area contributed by atoms with Crippen LogP contribution >= 0.6 is 11.6 Å². The molecule has 6 heteroatoms. The molecule has 0 atom stereocenters. The van der Waals surface area contributed by atoms with E-state index in [9.17, 15) is 4.79 Å². The van der Waals surface area contributed by atoms with Gasteiger partial charge in [-0.25, -0.2) is 0 Å². The van der Waals surface area contributed by atoms with Gasteiger partial charge in [0.1, 0.15) is 10.8 Å². The van der Waals surface area contributed by atoms with Crippen LogP contribution in [0.3, 0.4) is 0 Å². The molecule has 22 heavy (non-hydrogen) atoms. The summed E-state index contributed by atoms with van der Waals surface area (Å²) < 4.78 is 1.28. The van der Waals surface area contributed by atoms with E-state index >= 15 is 0 Å². The molecular weight excluding hydrogens is 300 g/mol. The number of anilines is 2. The van der Waals surface area contributed by atoms with Gasteiger partial charge >= 0.3 is 0 Å². The van der Waals surface area contributed by atoms with E-state index in [0.29, 0.717) is 11.4 Å². The molecule has 2 aromatic heterocycles. The van der Waals surface area contributed by atoms with E-state index in [1.165, 1.54) is 4.68 Å². The molecule has 0 aliphatic carbocycles. The number of rotatable bonds is 3. The van der Waals surface area contributed by atoms with Gasteiger partial charge in [-0.05, 0) is 38.1 Å². The van der Waals surface area contributed by atoms with Gasteiger partial charge < -0.3 is 10.3 Å². The fourth-order valence-electron chi connectivity index (χ4n) is 2.11. The Morgan fingerprint density at radius 3 is 2.50 bits per heavy atom. The molecule has 112 valence electrons. The van der Waals surface area contributed by atoms with Crippen LogP contribution in [0.2, 0.25) is 5.02 Å². The summed E-state index contributed by atoms with van der Waals surface area (Å²) in [6.45, 7) is 3.93. The van der Waals surface area contributed by atoms with Crippen LogP contribution in [0.1, 0.15) is 11.3 Å². The Morgan fingerprint density at radius 2 is 1.86 bits per heavy atom. The molecule has 0 aliphatic rings. The van der Waals surface area contributed by atoms with Gasteiger partial charge in [0.25, 0.3) is 5.56 Å². The molecule has 0 bridgehead atoms. The van der Waals surface area contributed by atoms with E-state index in [4.69, 9.17) is 11.6 Å². The van der Waals surface area contributed by atoms with Gasteiger partial charge in [0.05, 0.1) is 17.6 Å². The average Bonchev–Trinajstić information content (AvgIpc) is 2.91. The average molecular weight is 315 g/mol. The summed E-state index contributed by atoms with van der Waals surface area (Å²) in [4.78, 5) is 15.5. The topological polar surface area (TPSA) is 62.7 Å². The minimum absolute atomic E-state index is 0.0998. The molecule has 2 heterocycles. The van der Waals surface area contributed by atoms with Crippen molar-refractivity contribution in [2.24, 2.45) is 0 Å². The number of nitrogens with zero attached hydrogens (tertiary/aromatic N) is 2. The van der Waals surface area contributed by atoms with E-state index in [1.54, 1.807) is 6.20 Å². The molecule has 5 nitrogen and oxygen atoms in total. The molecule has 0 amide bonds. The molecule has 0 fully saturated rings. The van der Waals surface area contributed by atoms with Crippen LogP contribution < -0.4 is 10.9 Å². The number of H-pyrrole nitrogens is 1. The fraction of sp³-hybridized carbons (Fsp3) is 0.125. The molecule has 0 unspecified atom stereocenters. The number of aromatic amines is 1. The number of hydrogen-bond donors (Lipinski definition) is 2. The smallest absolute Gasteiger partial charge is 0.292 e. The highest BCUT2D eigenvalue weighted by Crippen LogP contribution is 2.21. The Morgan fingerprint density at radius 1 is 1.14 bits per heavy atom. The largest absolute Gasteiger partial charge is 0.346 e. The van der Waals surface area contributed by atoms with Crippen molar-refractivity contribution in [3.63, 3.8) is 0 Å². The van der Waals surface area contributed by atoms with Crippen LogP contribution in [-0.2, 0) is 0 Å². The zero-order valence-electron chi connectivity index (χ0n) is 12.2. The summed E-state index contributed by atoms with van der Waals surface area (Å²) in [5.74, 6) is 0.758. The second kappa shape index (κ2) is 5.69. The zero-order chi connectivity index (χ0) is 15.7. The van der Waals surface area contributed by atoms with Crippen LogP contribution in [0.4, 0.5) is 11.5 Å². The van der Waals surface area contributed by atoms with Crippen LogP contribution in [0.15, 0.2) is 47.4 Å². The maximum absolute atomic E-state index is 12.4. The first-order valence-corrected chi connectivity index (χ1v) is 7.20. The second-order valence-electron chi connectivity index (χ2n) is 5.10. The molecule has 0 aliphatic heterocycles. The van der Waals surface area contributed by atoms with Gasteiger partial charge in [-0.15, -0.1) is 0 Å². The molecule has 0 saturated carbocycles. The normalized spacial score (nSPS) is 10.7.